The van der Waals surface area contributed by atoms with Crippen LogP contribution in [0.15, 0.2) is 0 Å². The SMILES string of the molecule is CCC(C)(OC(=O)OC(C)C(=O)N(C)C)C(=O)N(C)C. The minimum Gasteiger partial charge on any atom is -0.421 e. The van der Waals surface area contributed by atoms with Crippen LogP contribution in [0, 0.1) is 0 Å². The molecule has 7 heteroatoms. The van der Waals surface area contributed by atoms with Gasteiger partial charge < -0.3 is 19.3 Å². The minimum atomic E-state index is -1.30. The van der Waals surface area contributed by atoms with Crippen molar-refractivity contribution in [1.29, 1.82) is 0 Å². The summed E-state index contributed by atoms with van der Waals surface area (Å²) in [5, 5.41) is 0. The van der Waals surface area contributed by atoms with Gasteiger partial charge in [0.2, 0.25) is 0 Å². The maximum atomic E-state index is 12.0. The summed E-state index contributed by atoms with van der Waals surface area (Å²) >= 11 is 0. The maximum absolute atomic E-state index is 12.0. The number of amides is 2. The van der Waals surface area contributed by atoms with E-state index in [1.165, 1.54) is 23.6 Å². The summed E-state index contributed by atoms with van der Waals surface area (Å²) in [7, 11) is 6.25. The van der Waals surface area contributed by atoms with Crippen molar-refractivity contribution in [2.24, 2.45) is 0 Å². The van der Waals surface area contributed by atoms with E-state index in [0.29, 0.717) is 6.42 Å². The summed E-state index contributed by atoms with van der Waals surface area (Å²) in [6.07, 6.45) is -1.70. The van der Waals surface area contributed by atoms with E-state index in [1.807, 2.05) is 0 Å². The van der Waals surface area contributed by atoms with Gasteiger partial charge in [0.1, 0.15) is 0 Å². The molecule has 0 saturated carbocycles. The second-order valence-electron chi connectivity index (χ2n) is 5.13. The summed E-state index contributed by atoms with van der Waals surface area (Å²) in [6, 6.07) is 0. The molecule has 0 aliphatic carbocycles. The lowest BCUT2D eigenvalue weighted by atomic mass is 10.0. The van der Waals surface area contributed by atoms with E-state index < -0.39 is 17.9 Å². The number of hydrogen-bond acceptors (Lipinski definition) is 5. The van der Waals surface area contributed by atoms with E-state index in [0.717, 1.165) is 0 Å². The second-order valence-corrected chi connectivity index (χ2v) is 5.13. The number of likely N-dealkylation sites (N-methyl/N-ethyl adjacent to an activating group) is 2. The zero-order valence-electron chi connectivity index (χ0n) is 13.2. The number of rotatable bonds is 5. The lowest BCUT2D eigenvalue weighted by molar-refractivity contribution is -0.152. The predicted octanol–water partition coefficient (Wildman–Crippen LogP) is 0.873. The summed E-state index contributed by atoms with van der Waals surface area (Å²) in [6.45, 7) is 4.68. The number of hydrogen-bond donors (Lipinski definition) is 0. The first kappa shape index (κ1) is 18.2. The van der Waals surface area contributed by atoms with E-state index in [4.69, 9.17) is 9.47 Å². The Morgan fingerprint density at radius 2 is 1.60 bits per heavy atom. The van der Waals surface area contributed by atoms with Gasteiger partial charge in [0, 0.05) is 28.2 Å². The van der Waals surface area contributed by atoms with Crippen LogP contribution in [0.5, 0.6) is 0 Å². The zero-order chi connectivity index (χ0) is 16.1. The van der Waals surface area contributed by atoms with Gasteiger partial charge >= 0.3 is 6.16 Å². The molecule has 0 fully saturated rings. The molecule has 2 atom stereocenters. The molecule has 7 nitrogen and oxygen atoms in total. The molecule has 0 aromatic heterocycles. The van der Waals surface area contributed by atoms with Crippen molar-refractivity contribution in [3.05, 3.63) is 0 Å². The quantitative estimate of drug-likeness (QED) is 0.702. The molecule has 0 rings (SSSR count). The smallest absolute Gasteiger partial charge is 0.421 e. The Bertz CT molecular complexity index is 381. The van der Waals surface area contributed by atoms with Crippen LogP contribution in [-0.2, 0) is 19.1 Å². The summed E-state index contributed by atoms with van der Waals surface area (Å²) in [5.74, 6) is -0.706. The van der Waals surface area contributed by atoms with E-state index in [9.17, 15) is 14.4 Å². The maximum Gasteiger partial charge on any atom is 0.510 e. The van der Waals surface area contributed by atoms with Crippen molar-refractivity contribution in [3.63, 3.8) is 0 Å². The van der Waals surface area contributed by atoms with Crippen molar-refractivity contribution in [2.75, 3.05) is 28.2 Å². The van der Waals surface area contributed by atoms with Crippen LogP contribution >= 0.6 is 0 Å². The van der Waals surface area contributed by atoms with Gasteiger partial charge in [-0.25, -0.2) is 4.79 Å². The third-order valence-corrected chi connectivity index (χ3v) is 2.90. The first-order valence-corrected chi connectivity index (χ1v) is 6.37. The molecule has 20 heavy (non-hydrogen) atoms. The highest BCUT2D eigenvalue weighted by Gasteiger charge is 2.38. The molecular weight excluding hydrogens is 264 g/mol. The topological polar surface area (TPSA) is 76.1 Å². The van der Waals surface area contributed by atoms with Gasteiger partial charge in [-0.15, -0.1) is 0 Å². The highest BCUT2D eigenvalue weighted by molar-refractivity contribution is 5.87. The molecular formula is C13H24N2O5. The Morgan fingerprint density at radius 1 is 1.10 bits per heavy atom. The highest BCUT2D eigenvalue weighted by Crippen LogP contribution is 2.19. The van der Waals surface area contributed by atoms with Crippen LogP contribution in [0.1, 0.15) is 27.2 Å². The van der Waals surface area contributed by atoms with E-state index in [-0.39, 0.29) is 11.8 Å². The Kier molecular flexibility index (Phi) is 6.48. The lowest BCUT2D eigenvalue weighted by Gasteiger charge is -2.29. The Hall–Kier alpha value is -1.79. The van der Waals surface area contributed by atoms with Crippen LogP contribution in [0.2, 0.25) is 0 Å². The average molecular weight is 288 g/mol. The van der Waals surface area contributed by atoms with Crippen molar-refractivity contribution < 1.29 is 23.9 Å². The number of carbonyl (C=O) groups excluding carboxylic acids is 3. The standard InChI is InChI=1S/C13H24N2O5/c1-8-13(3,11(17)15(6)7)20-12(18)19-9(2)10(16)14(4)5/h9H,8H2,1-7H3. The minimum absolute atomic E-state index is 0.301. The molecule has 0 N–H and O–H groups in total. The summed E-state index contributed by atoms with van der Waals surface area (Å²) in [4.78, 5) is 37.9. The number of carbonyl (C=O) groups is 3. The summed E-state index contributed by atoms with van der Waals surface area (Å²) < 4.78 is 9.97. The van der Waals surface area contributed by atoms with Gasteiger partial charge in [-0.1, -0.05) is 6.92 Å². The van der Waals surface area contributed by atoms with Gasteiger partial charge in [-0.05, 0) is 20.3 Å². The van der Waals surface area contributed by atoms with Gasteiger partial charge in [0.15, 0.2) is 11.7 Å². The molecule has 0 aliphatic rings. The Morgan fingerprint density at radius 3 is 1.95 bits per heavy atom. The molecule has 116 valence electrons. The molecule has 2 unspecified atom stereocenters. The molecule has 0 aliphatic heterocycles. The van der Waals surface area contributed by atoms with Gasteiger partial charge in [-0.3, -0.25) is 9.59 Å². The van der Waals surface area contributed by atoms with E-state index >= 15 is 0 Å². The highest BCUT2D eigenvalue weighted by atomic mass is 16.7. The monoisotopic (exact) mass is 288 g/mol. The first-order chi connectivity index (χ1) is 9.05. The normalized spacial score (nSPS) is 14.8. The molecule has 2 amide bonds. The van der Waals surface area contributed by atoms with Gasteiger partial charge in [0.05, 0.1) is 0 Å². The molecule has 0 saturated heterocycles. The average Bonchev–Trinajstić information content (AvgIpc) is 2.35. The van der Waals surface area contributed by atoms with Crippen molar-refractivity contribution >= 4 is 18.0 Å². The predicted molar refractivity (Wildman–Crippen MR) is 73.1 cm³/mol. The Balaban J connectivity index is 4.73. The van der Waals surface area contributed by atoms with Crippen molar-refractivity contribution in [3.8, 4) is 0 Å². The van der Waals surface area contributed by atoms with E-state index in [1.54, 1.807) is 35.1 Å². The van der Waals surface area contributed by atoms with E-state index in [2.05, 4.69) is 0 Å². The fourth-order valence-corrected chi connectivity index (χ4v) is 1.51. The second kappa shape index (κ2) is 7.12. The zero-order valence-corrected chi connectivity index (χ0v) is 13.2. The lowest BCUT2D eigenvalue weighted by Crippen LogP contribution is -2.47. The molecule has 0 aromatic carbocycles. The fourth-order valence-electron chi connectivity index (χ4n) is 1.51. The van der Waals surface area contributed by atoms with Crippen LogP contribution in [0.3, 0.4) is 0 Å². The molecule has 0 aromatic rings. The van der Waals surface area contributed by atoms with Crippen LogP contribution in [-0.4, -0.2) is 67.7 Å². The van der Waals surface area contributed by atoms with Crippen molar-refractivity contribution in [2.45, 2.75) is 38.9 Å². The third-order valence-electron chi connectivity index (χ3n) is 2.90. The number of nitrogens with zero attached hydrogens (tertiary/aromatic N) is 2. The molecule has 0 spiro atoms. The van der Waals surface area contributed by atoms with Crippen LogP contribution < -0.4 is 0 Å². The fraction of sp³-hybridized carbons (Fsp3) is 0.769. The number of ether oxygens (including phenoxy) is 2. The third kappa shape index (κ3) is 4.71. The van der Waals surface area contributed by atoms with Crippen LogP contribution in [0.4, 0.5) is 4.79 Å². The largest absolute Gasteiger partial charge is 0.510 e. The van der Waals surface area contributed by atoms with Crippen molar-refractivity contribution in [1.82, 2.24) is 9.80 Å². The van der Waals surface area contributed by atoms with Gasteiger partial charge in [0.25, 0.3) is 11.8 Å². The van der Waals surface area contributed by atoms with Gasteiger partial charge in [-0.2, -0.15) is 0 Å². The summed E-state index contributed by atoms with van der Waals surface area (Å²) in [5.41, 5.74) is -1.30. The Labute approximate surface area is 119 Å². The van der Waals surface area contributed by atoms with Crippen LogP contribution in [0.25, 0.3) is 0 Å². The molecule has 0 heterocycles. The molecule has 0 radical (unpaired) electrons. The first-order valence-electron chi connectivity index (χ1n) is 6.37. The molecule has 0 bridgehead atoms.